The van der Waals surface area contributed by atoms with Crippen LogP contribution in [0.15, 0.2) is 18.3 Å². The second-order valence-electron chi connectivity index (χ2n) is 3.18. The van der Waals surface area contributed by atoms with Crippen molar-refractivity contribution in [1.29, 1.82) is 0 Å². The average Bonchev–Trinajstić information content (AvgIpc) is 2.72. The Morgan fingerprint density at radius 3 is 3.06 bits per heavy atom. The minimum absolute atomic E-state index is 0.346. The van der Waals surface area contributed by atoms with Gasteiger partial charge in [0.15, 0.2) is 0 Å². The van der Waals surface area contributed by atoms with Crippen LogP contribution in [0.25, 0.3) is 11.0 Å². The van der Waals surface area contributed by atoms with E-state index in [0.717, 1.165) is 5.39 Å². The molecule has 0 aliphatic carbocycles. The van der Waals surface area contributed by atoms with Crippen LogP contribution in [-0.4, -0.2) is 29.7 Å². The number of carbonyl (C=O) groups is 1. The van der Waals surface area contributed by atoms with Gasteiger partial charge in [-0.15, -0.1) is 0 Å². The molecule has 1 N–H and O–H groups in total. The van der Waals surface area contributed by atoms with E-state index in [0.29, 0.717) is 23.7 Å². The monoisotopic (exact) mass is 220 g/mol. The first-order valence-corrected chi connectivity index (χ1v) is 4.95. The molecule has 0 bridgehead atoms. The summed E-state index contributed by atoms with van der Waals surface area (Å²) in [6.07, 6.45) is 1.62. The first-order chi connectivity index (χ1) is 7.76. The van der Waals surface area contributed by atoms with Gasteiger partial charge in [0, 0.05) is 6.20 Å². The minimum atomic E-state index is -0.387. The van der Waals surface area contributed by atoms with Gasteiger partial charge in [-0.1, -0.05) is 0 Å². The predicted octanol–water partition coefficient (Wildman–Crippen LogP) is 1.75. The van der Waals surface area contributed by atoms with Gasteiger partial charge in [0.25, 0.3) is 0 Å². The molecule has 5 nitrogen and oxygen atoms in total. The van der Waals surface area contributed by atoms with Crippen LogP contribution in [0, 0.1) is 0 Å². The molecule has 84 valence electrons. The fraction of sp³-hybridized carbons (Fsp3) is 0.273. The lowest BCUT2D eigenvalue weighted by atomic mass is 10.3. The summed E-state index contributed by atoms with van der Waals surface area (Å²) in [4.78, 5) is 18.5. The van der Waals surface area contributed by atoms with Crippen LogP contribution >= 0.6 is 0 Å². The summed E-state index contributed by atoms with van der Waals surface area (Å²) < 4.78 is 10.1. The van der Waals surface area contributed by atoms with Crippen molar-refractivity contribution in [3.05, 3.63) is 24.0 Å². The molecule has 0 spiro atoms. The third kappa shape index (κ3) is 1.71. The molecule has 0 saturated carbocycles. The Balaban J connectivity index is 2.47. The minimum Gasteiger partial charge on any atom is -0.496 e. The van der Waals surface area contributed by atoms with Crippen molar-refractivity contribution in [1.82, 2.24) is 9.97 Å². The molecule has 0 radical (unpaired) electrons. The van der Waals surface area contributed by atoms with E-state index in [9.17, 15) is 4.79 Å². The van der Waals surface area contributed by atoms with Gasteiger partial charge < -0.3 is 14.5 Å². The van der Waals surface area contributed by atoms with Crippen molar-refractivity contribution in [3.63, 3.8) is 0 Å². The number of ether oxygens (including phenoxy) is 2. The first-order valence-electron chi connectivity index (χ1n) is 4.95. The smallest absolute Gasteiger partial charge is 0.354 e. The SMILES string of the molecule is CCOC(=O)c1cc2c(OC)ccnc2[nH]1. The lowest BCUT2D eigenvalue weighted by molar-refractivity contribution is 0.0520. The molecule has 2 rings (SSSR count). The molecule has 16 heavy (non-hydrogen) atoms. The third-order valence-electron chi connectivity index (χ3n) is 2.21. The van der Waals surface area contributed by atoms with E-state index >= 15 is 0 Å². The zero-order valence-electron chi connectivity index (χ0n) is 9.11. The zero-order chi connectivity index (χ0) is 11.5. The van der Waals surface area contributed by atoms with Crippen molar-refractivity contribution >= 4 is 17.0 Å². The summed E-state index contributed by atoms with van der Waals surface area (Å²) in [5.41, 5.74) is 0.997. The van der Waals surface area contributed by atoms with Crippen LogP contribution in [0.4, 0.5) is 0 Å². The van der Waals surface area contributed by atoms with Gasteiger partial charge >= 0.3 is 5.97 Å². The van der Waals surface area contributed by atoms with E-state index in [1.807, 2.05) is 0 Å². The first kappa shape index (κ1) is 10.5. The molecule has 0 amide bonds. The number of H-pyrrole nitrogens is 1. The highest BCUT2D eigenvalue weighted by Gasteiger charge is 2.13. The van der Waals surface area contributed by atoms with E-state index in [4.69, 9.17) is 9.47 Å². The summed E-state index contributed by atoms with van der Waals surface area (Å²) in [5, 5.41) is 0.771. The molecule has 2 heterocycles. The van der Waals surface area contributed by atoms with Gasteiger partial charge in [0.05, 0.1) is 19.1 Å². The Hall–Kier alpha value is -2.04. The Morgan fingerprint density at radius 2 is 2.38 bits per heavy atom. The number of hydrogen-bond donors (Lipinski definition) is 1. The van der Waals surface area contributed by atoms with E-state index in [1.165, 1.54) is 0 Å². The normalized spacial score (nSPS) is 10.4. The average molecular weight is 220 g/mol. The van der Waals surface area contributed by atoms with Crippen LogP contribution in [0.1, 0.15) is 17.4 Å². The number of hydrogen-bond acceptors (Lipinski definition) is 4. The maximum atomic E-state index is 11.5. The van der Waals surface area contributed by atoms with Crippen molar-refractivity contribution in [2.45, 2.75) is 6.92 Å². The van der Waals surface area contributed by atoms with Crippen LogP contribution in [-0.2, 0) is 4.74 Å². The fourth-order valence-electron chi connectivity index (χ4n) is 1.50. The lowest BCUT2D eigenvalue weighted by Gasteiger charge is -1.98. The Kier molecular flexibility index (Phi) is 2.76. The number of aromatic amines is 1. The molecule has 0 unspecified atom stereocenters. The van der Waals surface area contributed by atoms with Gasteiger partial charge in [-0.25, -0.2) is 9.78 Å². The Labute approximate surface area is 92.4 Å². The van der Waals surface area contributed by atoms with E-state index in [1.54, 1.807) is 32.4 Å². The highest BCUT2D eigenvalue weighted by molar-refractivity contribution is 5.95. The van der Waals surface area contributed by atoms with E-state index in [2.05, 4.69) is 9.97 Å². The number of pyridine rings is 1. The summed E-state index contributed by atoms with van der Waals surface area (Å²) in [5.74, 6) is 0.291. The molecular formula is C11H12N2O3. The second-order valence-corrected chi connectivity index (χ2v) is 3.18. The van der Waals surface area contributed by atoms with Gasteiger partial charge in [-0.2, -0.15) is 0 Å². The number of nitrogens with one attached hydrogen (secondary N) is 1. The molecule has 2 aromatic heterocycles. The molecule has 0 aliphatic rings. The number of rotatable bonds is 3. The highest BCUT2D eigenvalue weighted by atomic mass is 16.5. The predicted molar refractivity (Wildman–Crippen MR) is 58.6 cm³/mol. The van der Waals surface area contributed by atoms with Gasteiger partial charge in [-0.3, -0.25) is 0 Å². The van der Waals surface area contributed by atoms with Gasteiger partial charge in [0.2, 0.25) is 0 Å². The van der Waals surface area contributed by atoms with Crippen LogP contribution in [0.3, 0.4) is 0 Å². The number of nitrogens with zero attached hydrogens (tertiary/aromatic N) is 1. The maximum Gasteiger partial charge on any atom is 0.354 e. The molecule has 0 saturated heterocycles. The molecule has 2 aromatic rings. The Morgan fingerprint density at radius 1 is 1.56 bits per heavy atom. The topological polar surface area (TPSA) is 64.2 Å². The van der Waals surface area contributed by atoms with Crippen molar-refractivity contribution in [2.75, 3.05) is 13.7 Å². The molecular weight excluding hydrogens is 208 g/mol. The summed E-state index contributed by atoms with van der Waals surface area (Å²) in [7, 11) is 1.58. The summed E-state index contributed by atoms with van der Waals surface area (Å²) >= 11 is 0. The second kappa shape index (κ2) is 4.22. The largest absolute Gasteiger partial charge is 0.496 e. The number of esters is 1. The van der Waals surface area contributed by atoms with Crippen molar-refractivity contribution in [2.24, 2.45) is 0 Å². The molecule has 0 atom stereocenters. The van der Waals surface area contributed by atoms with E-state index < -0.39 is 0 Å². The number of carbonyl (C=O) groups excluding carboxylic acids is 1. The maximum absolute atomic E-state index is 11.5. The van der Waals surface area contributed by atoms with Gasteiger partial charge in [-0.05, 0) is 19.1 Å². The zero-order valence-corrected chi connectivity index (χ0v) is 9.11. The number of fused-ring (bicyclic) bond motifs is 1. The van der Waals surface area contributed by atoms with Crippen LogP contribution < -0.4 is 4.74 Å². The van der Waals surface area contributed by atoms with Gasteiger partial charge in [0.1, 0.15) is 17.1 Å². The number of methoxy groups -OCH3 is 1. The Bertz CT molecular complexity index is 519. The molecule has 5 heteroatoms. The highest BCUT2D eigenvalue weighted by Crippen LogP contribution is 2.24. The van der Waals surface area contributed by atoms with E-state index in [-0.39, 0.29) is 5.97 Å². The third-order valence-corrected chi connectivity index (χ3v) is 2.21. The molecule has 0 aromatic carbocycles. The van der Waals surface area contributed by atoms with Crippen LogP contribution in [0.5, 0.6) is 5.75 Å². The van der Waals surface area contributed by atoms with Crippen LogP contribution in [0.2, 0.25) is 0 Å². The lowest BCUT2D eigenvalue weighted by Crippen LogP contribution is -2.04. The fourth-order valence-corrected chi connectivity index (χ4v) is 1.50. The van der Waals surface area contributed by atoms with Crippen molar-refractivity contribution in [3.8, 4) is 5.75 Å². The molecule has 0 fully saturated rings. The standard InChI is InChI=1S/C11H12N2O3/c1-3-16-11(14)8-6-7-9(15-2)4-5-12-10(7)13-8/h4-6H,3H2,1-2H3,(H,12,13). The molecule has 0 aliphatic heterocycles. The summed E-state index contributed by atoms with van der Waals surface area (Å²) in [6.45, 7) is 2.11. The number of aromatic nitrogens is 2. The summed E-state index contributed by atoms with van der Waals surface area (Å²) in [6, 6.07) is 3.42. The quantitative estimate of drug-likeness (QED) is 0.800. The van der Waals surface area contributed by atoms with Crippen molar-refractivity contribution < 1.29 is 14.3 Å².